The molecule has 0 saturated carbocycles. The van der Waals surface area contributed by atoms with Crippen molar-refractivity contribution < 1.29 is 4.79 Å². The average Bonchev–Trinajstić information content (AvgIpc) is 3.32. The number of nitrogens with one attached hydrogen (secondary N) is 1. The maximum atomic E-state index is 13.2. The Morgan fingerprint density at radius 1 is 0.929 bits per heavy atom. The first-order chi connectivity index (χ1) is 13.5. The van der Waals surface area contributed by atoms with Gasteiger partial charge in [-0.2, -0.15) is 0 Å². The number of aromatic nitrogens is 1. The lowest BCUT2D eigenvalue weighted by molar-refractivity contribution is 0.103. The van der Waals surface area contributed by atoms with Gasteiger partial charge in [0.15, 0.2) is 0 Å². The van der Waals surface area contributed by atoms with Gasteiger partial charge in [-0.25, -0.2) is 0 Å². The lowest BCUT2D eigenvalue weighted by Crippen LogP contribution is -2.13. The summed E-state index contributed by atoms with van der Waals surface area (Å²) in [6.07, 6.45) is 3.96. The first kappa shape index (κ1) is 18.3. The van der Waals surface area contributed by atoms with E-state index in [0.717, 1.165) is 28.1 Å². The first-order valence-corrected chi connectivity index (χ1v) is 10.1. The zero-order chi connectivity index (χ0) is 19.7. The van der Waals surface area contributed by atoms with Gasteiger partial charge in [-0.05, 0) is 50.1 Å². The van der Waals surface area contributed by atoms with Gasteiger partial charge in [0.05, 0.1) is 5.69 Å². The molecule has 0 unspecified atom stereocenters. The predicted molar refractivity (Wildman–Crippen MR) is 118 cm³/mol. The van der Waals surface area contributed by atoms with Crippen LogP contribution in [0.2, 0.25) is 0 Å². The Morgan fingerprint density at radius 2 is 1.68 bits per heavy atom. The van der Waals surface area contributed by atoms with Crippen LogP contribution in [-0.4, -0.2) is 10.5 Å². The molecule has 0 radical (unpaired) electrons. The molecule has 0 aliphatic carbocycles. The number of carbonyl (C=O) groups is 1. The van der Waals surface area contributed by atoms with Crippen molar-refractivity contribution >= 4 is 22.9 Å². The van der Waals surface area contributed by atoms with Crippen LogP contribution in [0.1, 0.15) is 26.4 Å². The van der Waals surface area contributed by atoms with E-state index in [9.17, 15) is 4.79 Å². The first-order valence-electron chi connectivity index (χ1n) is 9.23. The highest BCUT2D eigenvalue weighted by molar-refractivity contribution is 7.13. The summed E-state index contributed by atoms with van der Waals surface area (Å²) < 4.78 is 2.02. The van der Waals surface area contributed by atoms with Crippen molar-refractivity contribution in [1.82, 2.24) is 4.57 Å². The summed E-state index contributed by atoms with van der Waals surface area (Å²) in [5.74, 6) is -0.0837. The van der Waals surface area contributed by atoms with Crippen LogP contribution in [0.15, 0.2) is 72.4 Å². The van der Waals surface area contributed by atoms with E-state index in [1.807, 2.05) is 48.1 Å². The Balaban J connectivity index is 1.78. The number of amides is 1. The second-order valence-electron chi connectivity index (χ2n) is 7.06. The molecular weight excluding hydrogens is 364 g/mol. The third kappa shape index (κ3) is 3.51. The summed E-state index contributed by atoms with van der Waals surface area (Å²) in [6.45, 7) is 6.15. The molecule has 4 rings (SSSR count). The third-order valence-corrected chi connectivity index (χ3v) is 5.76. The van der Waals surface area contributed by atoms with Gasteiger partial charge in [-0.15, -0.1) is 11.3 Å². The summed E-state index contributed by atoms with van der Waals surface area (Å²) in [4.78, 5) is 13.9. The molecule has 2 heterocycles. The Hall–Kier alpha value is -3.11. The standard InChI is InChI=1S/C24H22N2OS/c1-16-7-6-8-19(14-16)20-15-28-23(22(20)26-11-4-5-12-26)24(27)25-21-10-9-17(2)13-18(21)3/h4-15H,1-3H3,(H,25,27). The maximum absolute atomic E-state index is 13.2. The van der Waals surface area contributed by atoms with Crippen molar-refractivity contribution in [3.05, 3.63) is 93.9 Å². The minimum absolute atomic E-state index is 0.0837. The highest BCUT2D eigenvalue weighted by Crippen LogP contribution is 2.36. The molecule has 2 aromatic heterocycles. The van der Waals surface area contributed by atoms with E-state index in [0.29, 0.717) is 4.88 Å². The maximum Gasteiger partial charge on any atom is 0.267 e. The summed E-state index contributed by atoms with van der Waals surface area (Å²) in [6, 6.07) is 18.4. The highest BCUT2D eigenvalue weighted by atomic mass is 32.1. The lowest BCUT2D eigenvalue weighted by atomic mass is 10.0. The molecule has 0 aliphatic rings. The quantitative estimate of drug-likeness (QED) is 0.434. The van der Waals surface area contributed by atoms with E-state index < -0.39 is 0 Å². The molecule has 3 nitrogen and oxygen atoms in total. The summed E-state index contributed by atoms with van der Waals surface area (Å²) in [7, 11) is 0. The molecule has 0 aliphatic heterocycles. The molecule has 4 aromatic rings. The molecule has 4 heteroatoms. The van der Waals surface area contributed by atoms with E-state index in [1.165, 1.54) is 22.5 Å². The smallest absolute Gasteiger partial charge is 0.267 e. The number of hydrogen-bond donors (Lipinski definition) is 1. The number of carbonyl (C=O) groups excluding carboxylic acids is 1. The molecule has 1 amide bonds. The van der Waals surface area contributed by atoms with E-state index in [1.54, 1.807) is 0 Å². The molecule has 0 fully saturated rings. The fourth-order valence-corrected chi connectivity index (χ4v) is 4.37. The second-order valence-corrected chi connectivity index (χ2v) is 7.94. The number of nitrogens with zero attached hydrogens (tertiary/aromatic N) is 1. The number of thiophene rings is 1. The van der Waals surface area contributed by atoms with Crippen molar-refractivity contribution in [3.63, 3.8) is 0 Å². The molecule has 0 saturated heterocycles. The van der Waals surface area contributed by atoms with E-state index in [4.69, 9.17) is 0 Å². The zero-order valence-corrected chi connectivity index (χ0v) is 17.0. The van der Waals surface area contributed by atoms with Gasteiger partial charge in [-0.1, -0.05) is 47.5 Å². The zero-order valence-electron chi connectivity index (χ0n) is 16.2. The predicted octanol–water partition coefficient (Wildman–Crippen LogP) is 6.38. The fraction of sp³-hybridized carbons (Fsp3) is 0.125. The van der Waals surface area contributed by atoms with Gasteiger partial charge in [0.1, 0.15) is 4.88 Å². The number of aryl methyl sites for hydroxylation is 3. The minimum atomic E-state index is -0.0837. The van der Waals surface area contributed by atoms with Crippen molar-refractivity contribution in [2.24, 2.45) is 0 Å². The normalized spacial score (nSPS) is 10.8. The van der Waals surface area contributed by atoms with Gasteiger partial charge < -0.3 is 9.88 Å². The largest absolute Gasteiger partial charge is 0.322 e. The van der Waals surface area contributed by atoms with E-state index >= 15 is 0 Å². The van der Waals surface area contributed by atoms with Gasteiger partial charge in [0, 0.05) is 29.0 Å². The Labute approximate surface area is 169 Å². The van der Waals surface area contributed by atoms with Gasteiger partial charge in [-0.3, -0.25) is 4.79 Å². The van der Waals surface area contributed by atoms with Crippen LogP contribution in [0, 0.1) is 20.8 Å². The molecule has 0 spiro atoms. The van der Waals surface area contributed by atoms with E-state index in [-0.39, 0.29) is 5.91 Å². The van der Waals surface area contributed by atoms with Crippen LogP contribution in [-0.2, 0) is 0 Å². The van der Waals surface area contributed by atoms with Crippen molar-refractivity contribution in [2.75, 3.05) is 5.32 Å². The lowest BCUT2D eigenvalue weighted by Gasteiger charge is -2.12. The summed E-state index contributed by atoms with van der Waals surface area (Å²) >= 11 is 1.48. The SMILES string of the molecule is Cc1cccc(-c2csc(C(=O)Nc3ccc(C)cc3C)c2-n2cccc2)c1. The molecule has 2 aromatic carbocycles. The van der Waals surface area contributed by atoms with Crippen LogP contribution in [0.3, 0.4) is 0 Å². The van der Waals surface area contributed by atoms with Crippen molar-refractivity contribution in [1.29, 1.82) is 0 Å². The van der Waals surface area contributed by atoms with Crippen molar-refractivity contribution in [3.8, 4) is 16.8 Å². The van der Waals surface area contributed by atoms with Gasteiger partial charge >= 0.3 is 0 Å². The number of benzene rings is 2. The Bertz CT molecular complexity index is 1140. The second kappa shape index (κ2) is 7.49. The third-order valence-electron chi connectivity index (χ3n) is 4.79. The molecule has 0 bridgehead atoms. The minimum Gasteiger partial charge on any atom is -0.322 e. The highest BCUT2D eigenvalue weighted by Gasteiger charge is 2.21. The summed E-state index contributed by atoms with van der Waals surface area (Å²) in [5, 5.41) is 5.16. The van der Waals surface area contributed by atoms with Crippen molar-refractivity contribution in [2.45, 2.75) is 20.8 Å². The monoisotopic (exact) mass is 386 g/mol. The average molecular weight is 387 g/mol. The molecular formula is C24H22N2OS. The number of anilines is 1. The van der Waals surface area contributed by atoms with Gasteiger partial charge in [0.25, 0.3) is 5.91 Å². The summed E-state index contributed by atoms with van der Waals surface area (Å²) in [5.41, 5.74) is 7.39. The molecule has 28 heavy (non-hydrogen) atoms. The molecule has 0 atom stereocenters. The van der Waals surface area contributed by atoms with Crippen LogP contribution >= 0.6 is 11.3 Å². The number of rotatable bonds is 4. The Morgan fingerprint density at radius 3 is 2.39 bits per heavy atom. The van der Waals surface area contributed by atoms with Crippen LogP contribution in [0.5, 0.6) is 0 Å². The number of hydrogen-bond acceptors (Lipinski definition) is 2. The molecule has 140 valence electrons. The van der Waals surface area contributed by atoms with Crippen LogP contribution < -0.4 is 5.32 Å². The Kier molecular flexibility index (Phi) is 4.88. The van der Waals surface area contributed by atoms with E-state index in [2.05, 4.69) is 54.9 Å². The fourth-order valence-electron chi connectivity index (χ4n) is 3.40. The van der Waals surface area contributed by atoms with Gasteiger partial charge in [0.2, 0.25) is 0 Å². The van der Waals surface area contributed by atoms with Crippen LogP contribution in [0.4, 0.5) is 5.69 Å². The van der Waals surface area contributed by atoms with Crippen LogP contribution in [0.25, 0.3) is 16.8 Å². The molecule has 1 N–H and O–H groups in total. The topological polar surface area (TPSA) is 34.0 Å².